The molecule has 1 heterocycles. The molecule has 3 aliphatic rings. The van der Waals surface area contributed by atoms with Crippen LogP contribution >= 0.6 is 0 Å². The molecule has 2 aliphatic carbocycles. The van der Waals surface area contributed by atoms with Crippen LogP contribution in [0.15, 0.2) is 30.3 Å². The van der Waals surface area contributed by atoms with E-state index in [2.05, 4.69) is 17.4 Å². The highest BCUT2D eigenvalue weighted by molar-refractivity contribution is 5.89. The monoisotopic (exact) mass is 470 g/mol. The Hall–Kier alpha value is -2.45. The van der Waals surface area contributed by atoms with Crippen molar-refractivity contribution in [2.75, 3.05) is 26.8 Å². The Balaban J connectivity index is 1.47. The fourth-order valence-electron chi connectivity index (χ4n) is 5.26. The molecule has 0 aromatic heterocycles. The van der Waals surface area contributed by atoms with Crippen molar-refractivity contribution in [1.82, 2.24) is 15.1 Å². The van der Waals surface area contributed by atoms with Gasteiger partial charge in [0.15, 0.2) is 0 Å². The summed E-state index contributed by atoms with van der Waals surface area (Å²) in [5, 5.41) is 3.16. The number of rotatable bonds is 9. The van der Waals surface area contributed by atoms with Crippen LogP contribution in [0.5, 0.6) is 0 Å². The van der Waals surface area contributed by atoms with Crippen molar-refractivity contribution in [3.05, 3.63) is 35.9 Å². The van der Waals surface area contributed by atoms with Gasteiger partial charge in [-0.1, -0.05) is 30.3 Å². The number of benzene rings is 1. The summed E-state index contributed by atoms with van der Waals surface area (Å²) in [5.41, 5.74) is 7.18. The van der Waals surface area contributed by atoms with E-state index in [1.165, 1.54) is 12.7 Å². The lowest BCUT2D eigenvalue weighted by atomic mass is 9.91. The summed E-state index contributed by atoms with van der Waals surface area (Å²) >= 11 is 0. The maximum Gasteiger partial charge on any atom is 0.249 e. The number of hydrogen-bond acceptors (Lipinski definition) is 5. The van der Waals surface area contributed by atoms with Crippen molar-refractivity contribution in [2.45, 2.75) is 75.5 Å². The first kappa shape index (κ1) is 24.7. The molecule has 3 amide bonds. The first-order chi connectivity index (χ1) is 16.5. The molecule has 2 unspecified atom stereocenters. The van der Waals surface area contributed by atoms with Crippen LogP contribution in [0.3, 0.4) is 0 Å². The molecule has 34 heavy (non-hydrogen) atoms. The summed E-state index contributed by atoms with van der Waals surface area (Å²) in [6, 6.07) is 9.65. The second kappa shape index (κ2) is 11.3. The Morgan fingerprint density at radius 1 is 1.09 bits per heavy atom. The molecule has 4 rings (SSSR count). The molecule has 2 atom stereocenters. The third-order valence-electron chi connectivity index (χ3n) is 7.42. The highest BCUT2D eigenvalue weighted by Gasteiger charge is 2.45. The summed E-state index contributed by atoms with van der Waals surface area (Å²) in [6.45, 7) is 0.879. The lowest BCUT2D eigenvalue weighted by molar-refractivity contribution is -0.141. The Labute approximate surface area is 202 Å². The van der Waals surface area contributed by atoms with E-state index in [9.17, 15) is 14.4 Å². The van der Waals surface area contributed by atoms with Crippen LogP contribution < -0.4 is 11.1 Å². The molecule has 2 saturated carbocycles. The predicted octanol–water partition coefficient (Wildman–Crippen LogP) is 1.47. The molecular formula is C26H38N4O4. The third-order valence-corrected chi connectivity index (χ3v) is 7.42. The maximum atomic E-state index is 13.3. The van der Waals surface area contributed by atoms with Crippen LogP contribution in [0.2, 0.25) is 0 Å². The van der Waals surface area contributed by atoms with Crippen LogP contribution in [-0.2, 0) is 25.5 Å². The van der Waals surface area contributed by atoms with Crippen LogP contribution in [0.4, 0.5) is 0 Å². The second-order valence-electron chi connectivity index (χ2n) is 10.0. The van der Waals surface area contributed by atoms with Gasteiger partial charge in [0.05, 0.1) is 6.04 Å². The van der Waals surface area contributed by atoms with Crippen molar-refractivity contribution in [1.29, 1.82) is 0 Å². The number of amides is 3. The molecule has 3 fully saturated rings. The minimum atomic E-state index is -0.588. The minimum absolute atomic E-state index is 0.0740. The van der Waals surface area contributed by atoms with Gasteiger partial charge in [0, 0.05) is 38.2 Å². The maximum absolute atomic E-state index is 13.3. The fourth-order valence-corrected chi connectivity index (χ4v) is 5.26. The molecule has 1 saturated heterocycles. The van der Waals surface area contributed by atoms with E-state index < -0.39 is 6.04 Å². The normalized spacial score (nSPS) is 26.8. The number of carbonyl (C=O) groups is 3. The fraction of sp³-hybridized carbons (Fsp3) is 0.654. The summed E-state index contributed by atoms with van der Waals surface area (Å²) in [5.74, 6) is -0.104. The molecule has 186 valence electrons. The molecule has 1 aliphatic heterocycles. The van der Waals surface area contributed by atoms with Gasteiger partial charge in [-0.25, -0.2) is 0 Å². The first-order valence-corrected chi connectivity index (χ1v) is 12.6. The Kier molecular flexibility index (Phi) is 8.21. The number of nitrogens with zero attached hydrogens (tertiary/aromatic N) is 2. The molecule has 0 radical (unpaired) electrons. The average molecular weight is 471 g/mol. The lowest BCUT2D eigenvalue weighted by Gasteiger charge is -2.30. The van der Waals surface area contributed by atoms with E-state index in [1.54, 1.807) is 4.90 Å². The zero-order valence-electron chi connectivity index (χ0n) is 20.2. The highest BCUT2D eigenvalue weighted by Crippen LogP contribution is 2.34. The Morgan fingerprint density at radius 3 is 2.44 bits per heavy atom. The average Bonchev–Trinajstić information content (AvgIpc) is 3.60. The van der Waals surface area contributed by atoms with E-state index in [0.29, 0.717) is 19.5 Å². The quantitative estimate of drug-likeness (QED) is 0.569. The number of ether oxygens (including phenoxy) is 1. The zero-order valence-corrected chi connectivity index (χ0v) is 20.2. The van der Waals surface area contributed by atoms with E-state index in [4.69, 9.17) is 10.5 Å². The van der Waals surface area contributed by atoms with Gasteiger partial charge in [-0.15, -0.1) is 0 Å². The number of nitrogens with one attached hydrogen (secondary N) is 1. The first-order valence-electron chi connectivity index (χ1n) is 12.6. The number of carbonyl (C=O) groups excluding carboxylic acids is 3. The van der Waals surface area contributed by atoms with E-state index in [0.717, 1.165) is 44.9 Å². The standard InChI is InChI=1S/C26H38N4O4/c1-34-17-24(31)30-16-22(15-23(30)25(32)28-21-11-9-20(27)10-12-21)29(26(33)19-7-8-19)14-13-18-5-3-2-4-6-18/h2-6,19-23H,7-17,27H2,1H3,(H,28,32). The van der Waals surface area contributed by atoms with Crippen molar-refractivity contribution in [3.8, 4) is 0 Å². The zero-order chi connectivity index (χ0) is 24.1. The topological polar surface area (TPSA) is 105 Å². The van der Waals surface area contributed by atoms with Gasteiger partial charge < -0.3 is 25.6 Å². The van der Waals surface area contributed by atoms with Gasteiger partial charge in [0.25, 0.3) is 0 Å². The predicted molar refractivity (Wildman–Crippen MR) is 129 cm³/mol. The van der Waals surface area contributed by atoms with Crippen molar-refractivity contribution in [2.24, 2.45) is 11.7 Å². The number of likely N-dealkylation sites (tertiary alicyclic amines) is 1. The molecule has 0 bridgehead atoms. The lowest BCUT2D eigenvalue weighted by Crippen LogP contribution is -2.50. The van der Waals surface area contributed by atoms with Crippen molar-refractivity contribution >= 4 is 17.7 Å². The van der Waals surface area contributed by atoms with Gasteiger partial charge in [0.1, 0.15) is 12.6 Å². The third kappa shape index (κ3) is 6.16. The summed E-state index contributed by atoms with van der Waals surface area (Å²) in [4.78, 5) is 42.9. The van der Waals surface area contributed by atoms with Gasteiger partial charge in [-0.3, -0.25) is 14.4 Å². The van der Waals surface area contributed by atoms with Crippen LogP contribution in [-0.4, -0.2) is 78.5 Å². The van der Waals surface area contributed by atoms with E-state index in [-0.39, 0.29) is 48.4 Å². The number of hydrogen-bond donors (Lipinski definition) is 2. The van der Waals surface area contributed by atoms with Gasteiger partial charge in [-0.05, 0) is 56.9 Å². The molecule has 8 heteroatoms. The van der Waals surface area contributed by atoms with Crippen LogP contribution in [0, 0.1) is 5.92 Å². The highest BCUT2D eigenvalue weighted by atomic mass is 16.5. The largest absolute Gasteiger partial charge is 0.375 e. The Morgan fingerprint density at radius 2 is 1.79 bits per heavy atom. The molecular weight excluding hydrogens is 432 g/mol. The number of nitrogens with two attached hydrogens (primary N) is 1. The van der Waals surface area contributed by atoms with Crippen LogP contribution in [0.25, 0.3) is 0 Å². The molecule has 8 nitrogen and oxygen atoms in total. The molecule has 3 N–H and O–H groups in total. The van der Waals surface area contributed by atoms with Crippen molar-refractivity contribution in [3.63, 3.8) is 0 Å². The molecule has 1 aromatic carbocycles. The van der Waals surface area contributed by atoms with E-state index in [1.807, 2.05) is 23.1 Å². The molecule has 0 spiro atoms. The van der Waals surface area contributed by atoms with Gasteiger partial charge in [-0.2, -0.15) is 0 Å². The Bertz CT molecular complexity index is 852. The van der Waals surface area contributed by atoms with E-state index >= 15 is 0 Å². The van der Waals surface area contributed by atoms with Crippen molar-refractivity contribution < 1.29 is 19.1 Å². The smallest absolute Gasteiger partial charge is 0.249 e. The summed E-state index contributed by atoms with van der Waals surface area (Å²) in [7, 11) is 1.48. The van der Waals surface area contributed by atoms with Gasteiger partial charge >= 0.3 is 0 Å². The van der Waals surface area contributed by atoms with Crippen LogP contribution in [0.1, 0.15) is 50.5 Å². The summed E-state index contributed by atoms with van der Waals surface area (Å²) < 4.78 is 5.09. The molecule has 1 aromatic rings. The second-order valence-corrected chi connectivity index (χ2v) is 10.0. The minimum Gasteiger partial charge on any atom is -0.375 e. The SMILES string of the molecule is COCC(=O)N1CC(N(CCc2ccccc2)C(=O)C2CC2)CC1C(=O)NC1CCC(N)CC1. The number of methoxy groups -OCH3 is 1. The summed E-state index contributed by atoms with van der Waals surface area (Å²) in [6.07, 6.45) is 6.57. The van der Waals surface area contributed by atoms with Gasteiger partial charge in [0.2, 0.25) is 17.7 Å².